The maximum absolute atomic E-state index is 12.0. The second kappa shape index (κ2) is 5.40. The number of hydrogen-bond acceptors (Lipinski definition) is 4. The van der Waals surface area contributed by atoms with Crippen molar-refractivity contribution in [1.29, 1.82) is 0 Å². The van der Waals surface area contributed by atoms with Gasteiger partial charge in [0.05, 0.1) is 10.5 Å². The number of carbonyl (C=O) groups excluding carboxylic acids is 1. The van der Waals surface area contributed by atoms with Gasteiger partial charge in [0, 0.05) is 5.57 Å². The van der Waals surface area contributed by atoms with Crippen LogP contribution in [0.4, 0.5) is 0 Å². The maximum atomic E-state index is 12.0. The highest BCUT2D eigenvalue weighted by molar-refractivity contribution is 7.89. The number of primary sulfonamides is 1. The van der Waals surface area contributed by atoms with Crippen LogP contribution in [-0.2, 0) is 19.6 Å². The molecule has 0 amide bonds. The van der Waals surface area contributed by atoms with E-state index >= 15 is 0 Å². The fraction of sp³-hybridized carbons (Fsp3) is 0.0625. The van der Waals surface area contributed by atoms with Gasteiger partial charge in [-0.15, -0.1) is 0 Å². The molecule has 1 heterocycles. The van der Waals surface area contributed by atoms with Crippen LogP contribution in [0.2, 0.25) is 0 Å². The summed E-state index contributed by atoms with van der Waals surface area (Å²) in [5, 5.41) is 5.07. The Hall–Kier alpha value is -2.44. The molecule has 0 radical (unpaired) electrons. The molecule has 0 bridgehead atoms. The van der Waals surface area contributed by atoms with Crippen LogP contribution in [0.3, 0.4) is 0 Å². The Morgan fingerprint density at radius 1 is 0.909 bits per heavy atom. The fourth-order valence-corrected chi connectivity index (χ4v) is 2.89. The summed E-state index contributed by atoms with van der Waals surface area (Å²) in [4.78, 5) is 12.0. The lowest BCUT2D eigenvalue weighted by Gasteiger charge is -2.05. The number of benzene rings is 2. The van der Waals surface area contributed by atoms with Crippen LogP contribution < -0.4 is 5.14 Å². The standard InChI is InChI=1S/C16H13NO4S/c17-22(19,20)13-8-6-12(7-9-13)15-14(10-21-16(15)18)11-4-2-1-3-5-11/h1-9H,10H2,(H2,17,19,20). The minimum absolute atomic E-state index is 0.00414. The monoisotopic (exact) mass is 315 g/mol. The van der Waals surface area contributed by atoms with Gasteiger partial charge in [-0.1, -0.05) is 42.5 Å². The minimum atomic E-state index is -3.75. The first kappa shape index (κ1) is 14.5. The normalized spacial score (nSPS) is 15.0. The van der Waals surface area contributed by atoms with Crippen molar-refractivity contribution in [2.24, 2.45) is 5.14 Å². The van der Waals surface area contributed by atoms with Crippen LogP contribution in [-0.4, -0.2) is 21.0 Å². The van der Waals surface area contributed by atoms with Gasteiger partial charge in [-0.3, -0.25) is 0 Å². The highest BCUT2D eigenvalue weighted by Gasteiger charge is 2.27. The number of esters is 1. The number of nitrogens with two attached hydrogens (primary N) is 1. The average molecular weight is 315 g/mol. The Morgan fingerprint density at radius 3 is 2.14 bits per heavy atom. The third-order valence-corrected chi connectivity index (χ3v) is 4.38. The lowest BCUT2D eigenvalue weighted by atomic mass is 9.97. The van der Waals surface area contributed by atoms with E-state index in [9.17, 15) is 13.2 Å². The van der Waals surface area contributed by atoms with E-state index < -0.39 is 16.0 Å². The Balaban J connectivity index is 2.10. The number of carbonyl (C=O) groups is 1. The number of hydrogen-bond donors (Lipinski definition) is 1. The molecule has 0 spiro atoms. The Bertz CT molecular complexity index is 853. The number of sulfonamides is 1. The van der Waals surface area contributed by atoms with E-state index in [0.29, 0.717) is 11.1 Å². The molecule has 1 aliphatic rings. The Labute approximate surface area is 128 Å². The molecule has 2 N–H and O–H groups in total. The van der Waals surface area contributed by atoms with Gasteiger partial charge in [-0.05, 0) is 23.3 Å². The van der Waals surface area contributed by atoms with Crippen molar-refractivity contribution < 1.29 is 17.9 Å². The van der Waals surface area contributed by atoms with Crippen molar-refractivity contribution in [2.75, 3.05) is 6.61 Å². The second-order valence-corrected chi connectivity index (χ2v) is 6.43. The first-order chi connectivity index (χ1) is 10.5. The molecule has 0 fully saturated rings. The van der Waals surface area contributed by atoms with Crippen LogP contribution in [0.1, 0.15) is 11.1 Å². The van der Waals surface area contributed by atoms with E-state index in [4.69, 9.17) is 9.88 Å². The molecule has 0 saturated heterocycles. The predicted molar refractivity (Wildman–Crippen MR) is 82.0 cm³/mol. The third kappa shape index (κ3) is 2.66. The van der Waals surface area contributed by atoms with Crippen molar-refractivity contribution in [3.05, 3.63) is 65.7 Å². The molecular formula is C16H13NO4S. The lowest BCUT2D eigenvalue weighted by Crippen LogP contribution is -2.12. The van der Waals surface area contributed by atoms with Gasteiger partial charge in [0.25, 0.3) is 0 Å². The van der Waals surface area contributed by atoms with Gasteiger partial charge in [0.15, 0.2) is 0 Å². The molecule has 2 aromatic carbocycles. The van der Waals surface area contributed by atoms with Crippen LogP contribution >= 0.6 is 0 Å². The molecule has 0 atom stereocenters. The van der Waals surface area contributed by atoms with E-state index in [2.05, 4.69) is 0 Å². The minimum Gasteiger partial charge on any atom is -0.457 e. The van der Waals surface area contributed by atoms with Gasteiger partial charge in [0.2, 0.25) is 10.0 Å². The smallest absolute Gasteiger partial charge is 0.339 e. The van der Waals surface area contributed by atoms with Crippen molar-refractivity contribution in [3.63, 3.8) is 0 Å². The largest absolute Gasteiger partial charge is 0.457 e. The van der Waals surface area contributed by atoms with Gasteiger partial charge in [-0.2, -0.15) is 0 Å². The van der Waals surface area contributed by atoms with E-state index in [1.807, 2.05) is 30.3 Å². The summed E-state index contributed by atoms with van der Waals surface area (Å²) >= 11 is 0. The van der Waals surface area contributed by atoms with Crippen LogP contribution in [0, 0.1) is 0 Å². The summed E-state index contributed by atoms with van der Waals surface area (Å²) in [6.45, 7) is 0.203. The summed E-state index contributed by atoms with van der Waals surface area (Å²) in [6, 6.07) is 15.3. The molecule has 22 heavy (non-hydrogen) atoms. The van der Waals surface area contributed by atoms with Gasteiger partial charge in [0.1, 0.15) is 6.61 Å². The second-order valence-electron chi connectivity index (χ2n) is 4.87. The molecule has 3 rings (SSSR count). The quantitative estimate of drug-likeness (QED) is 0.875. The van der Waals surface area contributed by atoms with Gasteiger partial charge >= 0.3 is 5.97 Å². The average Bonchev–Trinajstić information content (AvgIpc) is 2.89. The van der Waals surface area contributed by atoms with E-state index in [-0.39, 0.29) is 11.5 Å². The Morgan fingerprint density at radius 2 is 1.55 bits per heavy atom. The number of ether oxygens (including phenoxy) is 1. The molecule has 2 aromatic rings. The van der Waals surface area contributed by atoms with Crippen LogP contribution in [0.5, 0.6) is 0 Å². The van der Waals surface area contributed by atoms with Gasteiger partial charge < -0.3 is 4.74 Å². The molecule has 6 heteroatoms. The molecule has 112 valence electrons. The number of cyclic esters (lactones) is 1. The zero-order chi connectivity index (χ0) is 15.7. The van der Waals surface area contributed by atoms with Crippen molar-refractivity contribution >= 4 is 27.1 Å². The number of rotatable bonds is 3. The van der Waals surface area contributed by atoms with Gasteiger partial charge in [-0.25, -0.2) is 18.4 Å². The maximum Gasteiger partial charge on any atom is 0.339 e. The first-order valence-corrected chi connectivity index (χ1v) is 8.10. The van der Waals surface area contributed by atoms with Crippen molar-refractivity contribution in [3.8, 4) is 0 Å². The molecular weight excluding hydrogens is 302 g/mol. The summed E-state index contributed by atoms with van der Waals surface area (Å²) in [5.74, 6) is -0.415. The topological polar surface area (TPSA) is 86.5 Å². The lowest BCUT2D eigenvalue weighted by molar-refractivity contribution is -0.133. The molecule has 1 aliphatic heterocycles. The summed E-state index contributed by atoms with van der Waals surface area (Å²) < 4.78 is 27.7. The molecule has 5 nitrogen and oxygen atoms in total. The first-order valence-electron chi connectivity index (χ1n) is 6.56. The zero-order valence-electron chi connectivity index (χ0n) is 11.5. The molecule has 0 aliphatic carbocycles. The van der Waals surface area contributed by atoms with Crippen molar-refractivity contribution in [1.82, 2.24) is 0 Å². The molecule has 0 aromatic heterocycles. The van der Waals surface area contributed by atoms with Crippen LogP contribution in [0.25, 0.3) is 11.1 Å². The van der Waals surface area contributed by atoms with Crippen LogP contribution in [0.15, 0.2) is 59.5 Å². The molecule has 0 saturated carbocycles. The predicted octanol–water partition coefficient (Wildman–Crippen LogP) is 1.80. The molecule has 0 unspecified atom stereocenters. The Kier molecular flexibility index (Phi) is 3.56. The summed E-state index contributed by atoms with van der Waals surface area (Å²) in [5.41, 5.74) is 2.74. The SMILES string of the molecule is NS(=O)(=O)c1ccc(C2=C(c3ccccc3)COC2=O)cc1. The van der Waals surface area contributed by atoms with E-state index in [1.165, 1.54) is 12.1 Å². The third-order valence-electron chi connectivity index (χ3n) is 3.45. The summed E-state index contributed by atoms with van der Waals surface area (Å²) in [6.07, 6.45) is 0. The highest BCUT2D eigenvalue weighted by atomic mass is 32.2. The fourth-order valence-electron chi connectivity index (χ4n) is 2.38. The van der Waals surface area contributed by atoms with E-state index in [0.717, 1.165) is 11.1 Å². The van der Waals surface area contributed by atoms with Crippen molar-refractivity contribution in [2.45, 2.75) is 4.90 Å². The highest BCUT2D eigenvalue weighted by Crippen LogP contribution is 2.33. The van der Waals surface area contributed by atoms with E-state index in [1.54, 1.807) is 12.1 Å². The summed E-state index contributed by atoms with van der Waals surface area (Å²) in [7, 11) is -3.75. The zero-order valence-corrected chi connectivity index (χ0v) is 12.3.